The van der Waals surface area contributed by atoms with Gasteiger partial charge in [-0.2, -0.15) is 0 Å². The third-order valence-corrected chi connectivity index (χ3v) is 7.86. The number of hydrogen-bond donors (Lipinski definition) is 4. The second kappa shape index (κ2) is 7.94. The highest BCUT2D eigenvalue weighted by atomic mass is 16.6. The number of likely N-dealkylation sites (N-methyl/N-ethyl adjacent to an activating group) is 1. The number of phenols is 1. The zero-order valence-corrected chi connectivity index (χ0v) is 19.3. The third kappa shape index (κ3) is 3.25. The number of nitrogens with zero attached hydrogens (tertiary/aromatic N) is 1. The molecular weight excluding hydrogens is 462 g/mol. The van der Waals surface area contributed by atoms with E-state index in [-0.39, 0.29) is 29.7 Å². The van der Waals surface area contributed by atoms with E-state index in [0.717, 1.165) is 18.1 Å². The average Bonchev–Trinajstić information content (AvgIpc) is 3.15. The number of aliphatic carboxylic acids is 1. The van der Waals surface area contributed by atoms with Crippen LogP contribution < -0.4 is 4.74 Å². The number of piperidine rings is 1. The molecule has 0 saturated carbocycles. The summed E-state index contributed by atoms with van der Waals surface area (Å²) in [6.07, 6.45) is -2.26. The molecule has 11 heteroatoms. The number of hydrogen-bond acceptors (Lipinski definition) is 10. The summed E-state index contributed by atoms with van der Waals surface area (Å²) in [4.78, 5) is 37.5. The molecule has 188 valence electrons. The van der Waals surface area contributed by atoms with Gasteiger partial charge in [-0.3, -0.25) is 4.79 Å². The van der Waals surface area contributed by atoms with Gasteiger partial charge in [0.2, 0.25) is 0 Å². The van der Waals surface area contributed by atoms with Crippen molar-refractivity contribution in [3.8, 4) is 11.5 Å². The van der Waals surface area contributed by atoms with E-state index >= 15 is 0 Å². The molecule has 4 aliphatic rings. The van der Waals surface area contributed by atoms with Crippen molar-refractivity contribution in [2.45, 2.75) is 68.0 Å². The van der Waals surface area contributed by atoms with Gasteiger partial charge in [0.1, 0.15) is 5.76 Å². The summed E-state index contributed by atoms with van der Waals surface area (Å²) in [7, 11) is 1.95. The molecule has 0 radical (unpaired) electrons. The van der Waals surface area contributed by atoms with Crippen molar-refractivity contribution in [2.75, 3.05) is 13.6 Å². The minimum Gasteiger partial charge on any atom is -0.504 e. The van der Waals surface area contributed by atoms with Crippen molar-refractivity contribution in [1.29, 1.82) is 0 Å². The summed E-state index contributed by atoms with van der Waals surface area (Å²) in [6, 6.07) is 3.16. The fraction of sp³-hybridized carbons (Fsp3) is 0.542. The molecule has 1 fully saturated rings. The number of benzene rings is 1. The second-order valence-electron chi connectivity index (χ2n) is 9.71. The van der Waals surface area contributed by atoms with Gasteiger partial charge in [-0.1, -0.05) is 6.07 Å². The van der Waals surface area contributed by atoms with Crippen LogP contribution in [0.2, 0.25) is 0 Å². The first-order valence-corrected chi connectivity index (χ1v) is 11.5. The molecule has 0 unspecified atom stereocenters. The van der Waals surface area contributed by atoms with Gasteiger partial charge in [0, 0.05) is 18.0 Å². The molecule has 1 aromatic carbocycles. The van der Waals surface area contributed by atoms with Crippen LogP contribution in [0.5, 0.6) is 11.5 Å². The normalized spacial score (nSPS) is 31.9. The number of ether oxygens (including phenoxy) is 3. The molecule has 2 heterocycles. The molecule has 1 spiro atoms. The molecule has 11 nitrogen and oxygen atoms in total. The number of rotatable bonds is 6. The fourth-order valence-corrected chi connectivity index (χ4v) is 6.16. The molecule has 1 saturated heterocycles. The number of carboxylic acids is 1. The third-order valence-electron chi connectivity index (χ3n) is 7.86. The summed E-state index contributed by atoms with van der Waals surface area (Å²) in [5.74, 6) is -3.31. The Bertz CT molecular complexity index is 1150. The summed E-state index contributed by atoms with van der Waals surface area (Å²) in [6.45, 7) is 1.80. The monoisotopic (exact) mass is 489 g/mol. The van der Waals surface area contributed by atoms with Gasteiger partial charge in [-0.15, -0.1) is 0 Å². The minimum atomic E-state index is -1.90. The number of aromatic hydroxyl groups is 1. The lowest BCUT2D eigenvalue weighted by molar-refractivity contribution is -0.174. The maximum absolute atomic E-state index is 12.6. The van der Waals surface area contributed by atoms with Crippen LogP contribution in [-0.2, 0) is 35.7 Å². The quantitative estimate of drug-likeness (QED) is 0.397. The lowest BCUT2D eigenvalue weighted by atomic mass is 9.50. The van der Waals surface area contributed by atoms with E-state index in [0.29, 0.717) is 19.4 Å². The van der Waals surface area contributed by atoms with E-state index in [9.17, 15) is 29.7 Å². The van der Waals surface area contributed by atoms with Crippen molar-refractivity contribution in [2.24, 2.45) is 0 Å². The highest BCUT2D eigenvalue weighted by molar-refractivity contribution is 5.84. The van der Waals surface area contributed by atoms with Crippen molar-refractivity contribution >= 4 is 17.9 Å². The Balaban J connectivity index is 1.42. The van der Waals surface area contributed by atoms with Gasteiger partial charge in [-0.25, -0.2) is 9.59 Å². The number of phenolic OH excluding ortho intramolecular Hbond substituents is 1. The molecule has 2 bridgehead atoms. The summed E-state index contributed by atoms with van der Waals surface area (Å²) >= 11 is 0. The SMILES string of the molecule is C[C@H](OC(=O)C[C@H](O)C(=O)OC1=CC[C@@]2(O)[C@@H]3Cc4ccc(O)c5c4[C@@]2(CCN3C)[C@H]1O5)C(=O)O. The van der Waals surface area contributed by atoms with Gasteiger partial charge in [0.25, 0.3) is 0 Å². The van der Waals surface area contributed by atoms with Gasteiger partial charge in [0.05, 0.1) is 17.4 Å². The standard InChI is InChI=1S/C24H27NO10/c1-11(21(29)30)33-17(28)10-14(27)22(31)34-15-5-6-24(32)16-9-12-3-4-13(26)19-18(12)23(24,20(15)35-19)7-8-25(16)2/h3-5,11,14,16,20,26-27,32H,6-10H2,1-2H3,(H,29,30)/t11-,14-,16-,20-,23-,24+/m0/s1. The van der Waals surface area contributed by atoms with Crippen LogP contribution in [0.4, 0.5) is 0 Å². The fourth-order valence-electron chi connectivity index (χ4n) is 6.16. The van der Waals surface area contributed by atoms with Crippen molar-refractivity contribution in [3.63, 3.8) is 0 Å². The van der Waals surface area contributed by atoms with E-state index < -0.39 is 53.7 Å². The molecule has 2 aliphatic carbocycles. The van der Waals surface area contributed by atoms with E-state index in [4.69, 9.17) is 14.6 Å². The number of esters is 2. The highest BCUT2D eigenvalue weighted by Gasteiger charge is 2.72. The van der Waals surface area contributed by atoms with Gasteiger partial charge >= 0.3 is 17.9 Å². The Morgan fingerprint density at radius 3 is 2.77 bits per heavy atom. The van der Waals surface area contributed by atoms with Crippen molar-refractivity contribution < 1.29 is 49.0 Å². The lowest BCUT2D eigenvalue weighted by Gasteiger charge is -2.61. The van der Waals surface area contributed by atoms with E-state index in [2.05, 4.69) is 9.64 Å². The second-order valence-corrected chi connectivity index (χ2v) is 9.71. The molecule has 1 aromatic rings. The van der Waals surface area contributed by atoms with Gasteiger partial charge < -0.3 is 39.5 Å². The predicted octanol–water partition coefficient (Wildman–Crippen LogP) is -0.0196. The van der Waals surface area contributed by atoms with Crippen LogP contribution in [-0.4, -0.2) is 86.8 Å². The summed E-state index contributed by atoms with van der Waals surface area (Å²) < 4.78 is 16.3. The number of aliphatic hydroxyl groups excluding tert-OH is 1. The maximum Gasteiger partial charge on any atom is 0.344 e. The Labute approximate surface area is 200 Å². The van der Waals surface area contributed by atoms with Crippen LogP contribution in [0.25, 0.3) is 0 Å². The molecule has 5 rings (SSSR count). The predicted molar refractivity (Wildman–Crippen MR) is 116 cm³/mol. The molecule has 2 aliphatic heterocycles. The van der Waals surface area contributed by atoms with Crippen molar-refractivity contribution in [3.05, 3.63) is 35.1 Å². The van der Waals surface area contributed by atoms with Crippen LogP contribution in [0.3, 0.4) is 0 Å². The molecule has 35 heavy (non-hydrogen) atoms. The average molecular weight is 489 g/mol. The molecule has 4 N–H and O–H groups in total. The van der Waals surface area contributed by atoms with Crippen LogP contribution in [0.15, 0.2) is 24.0 Å². The first-order chi connectivity index (χ1) is 16.5. The van der Waals surface area contributed by atoms with E-state index in [1.807, 2.05) is 13.1 Å². The maximum atomic E-state index is 12.6. The molecular formula is C24H27NO10. The Hall–Kier alpha value is -3.15. The number of aliphatic hydroxyl groups is 2. The molecule has 0 aromatic heterocycles. The number of carbonyl (C=O) groups excluding carboxylic acids is 2. The highest BCUT2D eigenvalue weighted by Crippen LogP contribution is 2.65. The van der Waals surface area contributed by atoms with Crippen molar-refractivity contribution in [1.82, 2.24) is 4.90 Å². The zero-order valence-electron chi connectivity index (χ0n) is 19.3. The molecule has 6 atom stereocenters. The Morgan fingerprint density at radius 1 is 1.31 bits per heavy atom. The molecule has 0 amide bonds. The summed E-state index contributed by atoms with van der Waals surface area (Å²) in [5.41, 5.74) is -0.522. The smallest absolute Gasteiger partial charge is 0.344 e. The van der Waals surface area contributed by atoms with Crippen LogP contribution in [0, 0.1) is 0 Å². The van der Waals surface area contributed by atoms with Crippen LogP contribution in [0.1, 0.15) is 37.3 Å². The van der Waals surface area contributed by atoms with Gasteiger partial charge in [-0.05, 0) is 51.1 Å². The minimum absolute atomic E-state index is 0.0757. The Morgan fingerprint density at radius 2 is 2.06 bits per heavy atom. The van der Waals surface area contributed by atoms with Gasteiger partial charge in [0.15, 0.2) is 29.8 Å². The first kappa shape index (κ1) is 23.6. The topological polar surface area (TPSA) is 163 Å². The summed E-state index contributed by atoms with van der Waals surface area (Å²) in [5, 5.41) is 41.6. The zero-order chi connectivity index (χ0) is 25.3. The van der Waals surface area contributed by atoms with E-state index in [1.165, 1.54) is 0 Å². The van der Waals surface area contributed by atoms with E-state index in [1.54, 1.807) is 12.1 Å². The number of likely N-dealkylation sites (tertiary alicyclic amines) is 1. The largest absolute Gasteiger partial charge is 0.504 e. The number of carboxylic acid groups (broad SMARTS) is 1. The van der Waals surface area contributed by atoms with Crippen LogP contribution >= 0.6 is 0 Å². The number of carbonyl (C=O) groups is 3. The Kier molecular flexibility index (Phi) is 5.35. The first-order valence-electron chi connectivity index (χ1n) is 11.5. The lowest BCUT2D eigenvalue weighted by Crippen LogP contribution is -2.74.